The maximum Gasteiger partial charge on any atom is 0.303 e. The van der Waals surface area contributed by atoms with E-state index in [1.807, 2.05) is 6.92 Å². The summed E-state index contributed by atoms with van der Waals surface area (Å²) in [6, 6.07) is 0.127. The van der Waals surface area contributed by atoms with Crippen molar-refractivity contribution in [1.82, 2.24) is 4.90 Å². The van der Waals surface area contributed by atoms with Crippen molar-refractivity contribution < 1.29 is 19.5 Å². The van der Waals surface area contributed by atoms with Gasteiger partial charge in [0, 0.05) is 25.4 Å². The smallest absolute Gasteiger partial charge is 0.303 e. The van der Waals surface area contributed by atoms with Gasteiger partial charge < -0.3 is 15.7 Å². The molecular formula is C13H22N2O4. The van der Waals surface area contributed by atoms with E-state index >= 15 is 0 Å². The van der Waals surface area contributed by atoms with Crippen molar-refractivity contribution in [2.45, 2.75) is 51.5 Å². The first kappa shape index (κ1) is 15.5. The highest BCUT2D eigenvalue weighted by Gasteiger charge is 2.31. The first-order valence-corrected chi connectivity index (χ1v) is 6.72. The molecule has 1 aliphatic rings. The Balaban J connectivity index is 2.40. The van der Waals surface area contributed by atoms with Crippen molar-refractivity contribution in [1.29, 1.82) is 0 Å². The molecule has 2 unspecified atom stereocenters. The van der Waals surface area contributed by atoms with Crippen molar-refractivity contribution in [2.24, 2.45) is 11.7 Å². The third kappa shape index (κ3) is 4.89. The lowest BCUT2D eigenvalue weighted by Crippen LogP contribution is -2.48. The maximum absolute atomic E-state index is 12.0. The Morgan fingerprint density at radius 1 is 1.21 bits per heavy atom. The van der Waals surface area contributed by atoms with Gasteiger partial charge in [-0.25, -0.2) is 0 Å². The summed E-state index contributed by atoms with van der Waals surface area (Å²) < 4.78 is 0. The molecule has 2 atom stereocenters. The lowest BCUT2D eigenvalue weighted by Gasteiger charge is -2.37. The van der Waals surface area contributed by atoms with E-state index in [9.17, 15) is 14.4 Å². The van der Waals surface area contributed by atoms with E-state index in [2.05, 4.69) is 0 Å². The molecule has 1 aliphatic heterocycles. The third-order valence-corrected chi connectivity index (χ3v) is 3.64. The van der Waals surface area contributed by atoms with Gasteiger partial charge in [-0.2, -0.15) is 0 Å². The molecule has 0 saturated carbocycles. The third-order valence-electron chi connectivity index (χ3n) is 3.64. The van der Waals surface area contributed by atoms with E-state index in [0.29, 0.717) is 25.8 Å². The Morgan fingerprint density at radius 3 is 2.42 bits per heavy atom. The minimum absolute atomic E-state index is 0.0103. The number of aliphatic carboxylic acids is 1. The van der Waals surface area contributed by atoms with E-state index in [0.717, 1.165) is 12.8 Å². The number of carbonyl (C=O) groups excluding carboxylic acids is 2. The largest absolute Gasteiger partial charge is 0.481 e. The molecule has 19 heavy (non-hydrogen) atoms. The molecule has 6 nitrogen and oxygen atoms in total. The molecule has 0 aromatic heterocycles. The number of amides is 2. The van der Waals surface area contributed by atoms with Gasteiger partial charge in [0.1, 0.15) is 0 Å². The number of rotatable bonds is 6. The number of hydrogen-bond donors (Lipinski definition) is 2. The lowest BCUT2D eigenvalue weighted by molar-refractivity contribution is -0.139. The fraction of sp³-hybridized carbons (Fsp3) is 0.769. The zero-order valence-electron chi connectivity index (χ0n) is 11.3. The molecule has 1 fully saturated rings. The molecular weight excluding hydrogens is 248 g/mol. The lowest BCUT2D eigenvalue weighted by atomic mass is 9.92. The maximum atomic E-state index is 12.0. The fourth-order valence-electron chi connectivity index (χ4n) is 2.38. The molecule has 1 heterocycles. The van der Waals surface area contributed by atoms with Crippen LogP contribution in [0.25, 0.3) is 0 Å². The van der Waals surface area contributed by atoms with Crippen LogP contribution in [-0.4, -0.2) is 40.4 Å². The van der Waals surface area contributed by atoms with Gasteiger partial charge >= 0.3 is 5.97 Å². The second-order valence-corrected chi connectivity index (χ2v) is 5.17. The Bertz CT molecular complexity index is 357. The Morgan fingerprint density at radius 2 is 1.84 bits per heavy atom. The molecule has 2 amide bonds. The normalized spacial score (nSPS) is 23.1. The molecule has 0 aromatic rings. The number of unbranched alkanes of at least 4 members (excludes halogenated alkanes) is 1. The van der Waals surface area contributed by atoms with Crippen molar-refractivity contribution in [2.75, 3.05) is 6.54 Å². The Hall–Kier alpha value is -1.59. The van der Waals surface area contributed by atoms with Crippen LogP contribution in [0, 0.1) is 5.92 Å². The molecule has 0 spiro atoms. The van der Waals surface area contributed by atoms with Gasteiger partial charge in [-0.3, -0.25) is 14.4 Å². The minimum Gasteiger partial charge on any atom is -0.481 e. The molecule has 0 radical (unpaired) electrons. The minimum atomic E-state index is -0.840. The van der Waals surface area contributed by atoms with Crippen LogP contribution in [0.3, 0.4) is 0 Å². The molecule has 0 aliphatic carbocycles. The number of carboxylic acids is 1. The molecule has 3 N–H and O–H groups in total. The van der Waals surface area contributed by atoms with Crippen molar-refractivity contribution in [3.8, 4) is 0 Å². The summed E-state index contributed by atoms with van der Waals surface area (Å²) in [7, 11) is 0. The number of carboxylic acid groups (broad SMARTS) is 1. The van der Waals surface area contributed by atoms with Gasteiger partial charge in [0.2, 0.25) is 11.8 Å². The van der Waals surface area contributed by atoms with Crippen molar-refractivity contribution in [3.05, 3.63) is 0 Å². The quantitative estimate of drug-likeness (QED) is 0.695. The zero-order valence-corrected chi connectivity index (χ0v) is 11.3. The van der Waals surface area contributed by atoms with Crippen LogP contribution in [0.15, 0.2) is 0 Å². The highest BCUT2D eigenvalue weighted by Crippen LogP contribution is 2.22. The van der Waals surface area contributed by atoms with Gasteiger partial charge in [0.25, 0.3) is 0 Å². The van der Waals surface area contributed by atoms with Crippen LogP contribution in [0.1, 0.15) is 45.4 Å². The summed E-state index contributed by atoms with van der Waals surface area (Å²) in [5, 5.41) is 8.52. The van der Waals surface area contributed by atoms with Crippen LogP contribution in [0.4, 0.5) is 0 Å². The Labute approximate surface area is 112 Å². The predicted octanol–water partition coefficient (Wildman–Crippen LogP) is 0.744. The second kappa shape index (κ2) is 7.11. The van der Waals surface area contributed by atoms with E-state index in [1.54, 1.807) is 4.90 Å². The highest BCUT2D eigenvalue weighted by molar-refractivity contribution is 5.80. The molecule has 1 rings (SSSR count). The average molecular weight is 270 g/mol. The number of likely N-dealkylation sites (tertiary alicyclic amines) is 1. The monoisotopic (exact) mass is 270 g/mol. The Kier molecular flexibility index (Phi) is 5.79. The summed E-state index contributed by atoms with van der Waals surface area (Å²) in [5.74, 6) is -1.45. The van der Waals surface area contributed by atoms with Gasteiger partial charge in [0.05, 0.1) is 5.92 Å². The summed E-state index contributed by atoms with van der Waals surface area (Å²) in [5.41, 5.74) is 5.29. The number of nitrogens with two attached hydrogens (primary N) is 1. The number of hydrogen-bond acceptors (Lipinski definition) is 3. The average Bonchev–Trinajstić information content (AvgIpc) is 2.34. The molecule has 6 heteroatoms. The van der Waals surface area contributed by atoms with Crippen molar-refractivity contribution in [3.63, 3.8) is 0 Å². The first-order valence-electron chi connectivity index (χ1n) is 6.72. The van der Waals surface area contributed by atoms with Crippen LogP contribution >= 0.6 is 0 Å². The number of primary amides is 1. The highest BCUT2D eigenvalue weighted by atomic mass is 16.4. The van der Waals surface area contributed by atoms with Gasteiger partial charge in [-0.15, -0.1) is 0 Å². The van der Waals surface area contributed by atoms with Crippen LogP contribution < -0.4 is 5.73 Å². The van der Waals surface area contributed by atoms with Gasteiger partial charge in [-0.1, -0.05) is 0 Å². The van der Waals surface area contributed by atoms with E-state index < -0.39 is 5.97 Å². The summed E-state index contributed by atoms with van der Waals surface area (Å²) in [4.78, 5) is 35.3. The standard InChI is InChI=1S/C13H22N2O4/c1-9-6-7-10(13(14)19)8-15(9)11(16)4-2-3-5-12(17)18/h9-10H,2-8H2,1H3,(H2,14,19)(H,17,18). The first-order chi connectivity index (χ1) is 8.91. The topological polar surface area (TPSA) is 101 Å². The van der Waals surface area contributed by atoms with Crippen LogP contribution in [0.2, 0.25) is 0 Å². The number of carbonyl (C=O) groups is 3. The molecule has 0 aromatic carbocycles. The van der Waals surface area contributed by atoms with E-state index in [-0.39, 0.29) is 30.2 Å². The summed E-state index contributed by atoms with van der Waals surface area (Å²) >= 11 is 0. The number of nitrogens with zero attached hydrogens (tertiary/aromatic N) is 1. The van der Waals surface area contributed by atoms with Gasteiger partial charge in [-0.05, 0) is 32.6 Å². The number of piperidine rings is 1. The fourth-order valence-corrected chi connectivity index (χ4v) is 2.38. The molecule has 108 valence electrons. The van der Waals surface area contributed by atoms with E-state index in [1.165, 1.54) is 0 Å². The zero-order chi connectivity index (χ0) is 14.4. The van der Waals surface area contributed by atoms with Crippen molar-refractivity contribution >= 4 is 17.8 Å². The van der Waals surface area contributed by atoms with E-state index in [4.69, 9.17) is 10.8 Å². The van der Waals surface area contributed by atoms with Crippen LogP contribution in [-0.2, 0) is 14.4 Å². The van der Waals surface area contributed by atoms with Crippen LogP contribution in [0.5, 0.6) is 0 Å². The second-order valence-electron chi connectivity index (χ2n) is 5.17. The van der Waals surface area contributed by atoms with Gasteiger partial charge in [0.15, 0.2) is 0 Å². The summed E-state index contributed by atoms with van der Waals surface area (Å²) in [6.07, 6.45) is 3.02. The summed E-state index contributed by atoms with van der Waals surface area (Å²) in [6.45, 7) is 2.36. The SMILES string of the molecule is CC1CCC(C(N)=O)CN1C(=O)CCCCC(=O)O. The molecule has 0 bridgehead atoms. The molecule has 1 saturated heterocycles. The predicted molar refractivity (Wildman–Crippen MR) is 69.2 cm³/mol.